The number of nitrogens with one attached hydrogen (secondary N) is 1. The summed E-state index contributed by atoms with van der Waals surface area (Å²) >= 11 is 15.4. The predicted octanol–water partition coefficient (Wildman–Crippen LogP) is 3.45. The van der Waals surface area contributed by atoms with Crippen LogP contribution in [0.25, 0.3) is 0 Å². The molecule has 4 nitrogen and oxygen atoms in total. The Morgan fingerprint density at radius 3 is 2.67 bits per heavy atom. The fraction of sp³-hybridized carbons (Fsp3) is 0.273. The van der Waals surface area contributed by atoms with E-state index in [0.717, 1.165) is 0 Å². The van der Waals surface area contributed by atoms with Crippen molar-refractivity contribution < 1.29 is 9.59 Å². The van der Waals surface area contributed by atoms with E-state index in [9.17, 15) is 9.59 Å². The van der Waals surface area contributed by atoms with Crippen LogP contribution in [0.15, 0.2) is 16.6 Å². The molecule has 1 aliphatic heterocycles. The standard InChI is InChI=1S/C11H9BrCl2N2O2/c1-5-4-16(11(18)15-10(5)17)7-3-2-6(12)8(13)9(7)14/h2-3,5H,4H2,1H3,(H,15,17,18). The molecule has 0 saturated carbocycles. The molecule has 0 aliphatic carbocycles. The van der Waals surface area contributed by atoms with Gasteiger partial charge in [0.2, 0.25) is 5.91 Å². The SMILES string of the molecule is CC1CN(c2ccc(Br)c(Cl)c2Cl)C(=O)NC1=O. The van der Waals surface area contributed by atoms with Crippen molar-refractivity contribution in [1.29, 1.82) is 0 Å². The Morgan fingerprint density at radius 1 is 1.33 bits per heavy atom. The highest BCUT2D eigenvalue weighted by Gasteiger charge is 2.31. The maximum atomic E-state index is 11.8. The summed E-state index contributed by atoms with van der Waals surface area (Å²) < 4.78 is 0.652. The lowest BCUT2D eigenvalue weighted by Crippen LogP contribution is -2.54. The van der Waals surface area contributed by atoms with Gasteiger partial charge in [-0.15, -0.1) is 0 Å². The van der Waals surface area contributed by atoms with Gasteiger partial charge in [0.1, 0.15) is 0 Å². The van der Waals surface area contributed by atoms with Crippen molar-refractivity contribution in [2.75, 3.05) is 11.4 Å². The molecule has 7 heteroatoms. The monoisotopic (exact) mass is 350 g/mol. The van der Waals surface area contributed by atoms with Crippen LogP contribution >= 0.6 is 39.1 Å². The highest BCUT2D eigenvalue weighted by atomic mass is 79.9. The van der Waals surface area contributed by atoms with Gasteiger partial charge in [-0.05, 0) is 28.1 Å². The maximum absolute atomic E-state index is 11.8. The Kier molecular flexibility index (Phi) is 3.84. The topological polar surface area (TPSA) is 49.4 Å². The van der Waals surface area contributed by atoms with Crippen LogP contribution in [-0.2, 0) is 4.79 Å². The van der Waals surface area contributed by atoms with Crippen molar-refractivity contribution in [3.05, 3.63) is 26.7 Å². The van der Waals surface area contributed by atoms with Gasteiger partial charge in [-0.3, -0.25) is 15.0 Å². The molecule has 1 aromatic rings. The highest BCUT2D eigenvalue weighted by Crippen LogP contribution is 2.38. The lowest BCUT2D eigenvalue weighted by molar-refractivity contribution is -0.123. The number of amides is 3. The molecule has 1 fully saturated rings. The second-order valence-corrected chi connectivity index (χ2v) is 5.61. The summed E-state index contributed by atoms with van der Waals surface area (Å²) in [6, 6.07) is 2.90. The van der Waals surface area contributed by atoms with Crippen molar-refractivity contribution in [3.63, 3.8) is 0 Å². The summed E-state index contributed by atoms with van der Waals surface area (Å²) in [5, 5.41) is 2.89. The zero-order valence-corrected chi connectivity index (χ0v) is 12.4. The number of halogens is 3. The van der Waals surface area contributed by atoms with Gasteiger partial charge < -0.3 is 0 Å². The number of anilines is 1. The maximum Gasteiger partial charge on any atom is 0.328 e. The molecule has 18 heavy (non-hydrogen) atoms. The minimum atomic E-state index is -0.488. The van der Waals surface area contributed by atoms with E-state index >= 15 is 0 Å². The first-order chi connectivity index (χ1) is 8.41. The van der Waals surface area contributed by atoms with E-state index in [2.05, 4.69) is 21.2 Å². The van der Waals surface area contributed by atoms with Gasteiger partial charge in [-0.25, -0.2) is 4.79 Å². The number of urea groups is 1. The summed E-state index contributed by atoms with van der Waals surface area (Å²) in [6.07, 6.45) is 0. The summed E-state index contributed by atoms with van der Waals surface area (Å²) in [7, 11) is 0. The number of rotatable bonds is 1. The lowest BCUT2D eigenvalue weighted by Gasteiger charge is -2.31. The first-order valence-corrected chi connectivity index (χ1v) is 6.72. The second-order valence-electron chi connectivity index (χ2n) is 4.00. The average Bonchev–Trinajstić information content (AvgIpc) is 2.32. The molecule has 1 unspecified atom stereocenters. The molecule has 1 aliphatic rings. The number of imide groups is 1. The molecule has 1 N–H and O–H groups in total. The summed E-state index contributed by atoms with van der Waals surface area (Å²) in [5.74, 6) is -0.572. The smallest absolute Gasteiger partial charge is 0.292 e. The van der Waals surface area contributed by atoms with Gasteiger partial charge in [-0.2, -0.15) is 0 Å². The van der Waals surface area contributed by atoms with E-state index in [1.807, 2.05) is 0 Å². The second kappa shape index (κ2) is 5.07. The van der Waals surface area contributed by atoms with E-state index in [4.69, 9.17) is 23.2 Å². The predicted molar refractivity (Wildman–Crippen MR) is 74.2 cm³/mol. The number of carbonyl (C=O) groups excluding carboxylic acids is 2. The molecule has 0 spiro atoms. The minimum absolute atomic E-state index is 0.280. The van der Waals surface area contributed by atoms with Crippen LogP contribution in [-0.4, -0.2) is 18.5 Å². The van der Waals surface area contributed by atoms with Crippen LogP contribution in [0.1, 0.15) is 6.92 Å². The molecule has 3 amide bonds. The van der Waals surface area contributed by atoms with Gasteiger partial charge in [0.05, 0.1) is 21.7 Å². The van der Waals surface area contributed by atoms with Gasteiger partial charge in [-0.1, -0.05) is 30.1 Å². The molecule has 1 atom stereocenters. The van der Waals surface area contributed by atoms with Crippen LogP contribution in [0.4, 0.5) is 10.5 Å². The third-order valence-corrected chi connectivity index (χ3v) is 4.45. The van der Waals surface area contributed by atoms with Gasteiger partial charge in [0, 0.05) is 11.0 Å². The summed E-state index contributed by atoms with van der Waals surface area (Å²) in [5.41, 5.74) is 0.488. The van der Waals surface area contributed by atoms with E-state index in [1.165, 1.54) is 4.90 Å². The van der Waals surface area contributed by atoms with Crippen molar-refractivity contribution in [2.24, 2.45) is 5.92 Å². The Morgan fingerprint density at radius 2 is 2.00 bits per heavy atom. The normalized spacial score (nSPS) is 20.0. The van der Waals surface area contributed by atoms with E-state index in [1.54, 1.807) is 19.1 Å². The molecule has 1 heterocycles. The molecule has 0 aromatic heterocycles. The third kappa shape index (κ3) is 2.35. The highest BCUT2D eigenvalue weighted by molar-refractivity contribution is 9.10. The van der Waals surface area contributed by atoms with Crippen LogP contribution < -0.4 is 10.2 Å². The van der Waals surface area contributed by atoms with E-state index in [-0.39, 0.29) is 23.4 Å². The third-order valence-electron chi connectivity index (χ3n) is 2.68. The molecular formula is C11H9BrCl2N2O2. The van der Waals surface area contributed by atoms with E-state index in [0.29, 0.717) is 15.2 Å². The average molecular weight is 352 g/mol. The van der Waals surface area contributed by atoms with Crippen LogP contribution in [0.5, 0.6) is 0 Å². The molecule has 1 saturated heterocycles. The molecule has 0 radical (unpaired) electrons. The number of carbonyl (C=O) groups is 2. The summed E-state index contributed by atoms with van der Waals surface area (Å²) in [4.78, 5) is 24.6. The number of hydrogen-bond donors (Lipinski definition) is 1. The Balaban J connectivity index is 2.40. The zero-order chi connectivity index (χ0) is 13.4. The molecule has 1 aromatic carbocycles. The number of hydrogen-bond acceptors (Lipinski definition) is 2. The van der Waals surface area contributed by atoms with Crippen molar-refractivity contribution >= 4 is 56.8 Å². The zero-order valence-electron chi connectivity index (χ0n) is 9.34. The Hall–Kier alpha value is -0.780. The fourth-order valence-corrected chi connectivity index (χ4v) is 2.54. The number of nitrogens with zero attached hydrogens (tertiary/aromatic N) is 1. The molecule has 96 valence electrons. The molecule has 2 rings (SSSR count). The quantitative estimate of drug-likeness (QED) is 0.788. The van der Waals surface area contributed by atoms with Crippen molar-refractivity contribution in [1.82, 2.24) is 5.32 Å². The number of benzene rings is 1. The molecular weight excluding hydrogens is 343 g/mol. The van der Waals surface area contributed by atoms with Crippen LogP contribution in [0.2, 0.25) is 10.0 Å². The first kappa shape index (κ1) is 13.6. The van der Waals surface area contributed by atoms with Crippen LogP contribution in [0, 0.1) is 5.92 Å². The largest absolute Gasteiger partial charge is 0.328 e. The first-order valence-electron chi connectivity index (χ1n) is 5.17. The fourth-order valence-electron chi connectivity index (χ4n) is 1.67. The van der Waals surface area contributed by atoms with Crippen molar-refractivity contribution in [3.8, 4) is 0 Å². The Bertz CT molecular complexity index is 536. The minimum Gasteiger partial charge on any atom is -0.292 e. The summed E-state index contributed by atoms with van der Waals surface area (Å²) in [6.45, 7) is 2.02. The lowest BCUT2D eigenvalue weighted by atomic mass is 10.1. The molecule has 0 bridgehead atoms. The van der Waals surface area contributed by atoms with Crippen molar-refractivity contribution in [2.45, 2.75) is 6.92 Å². The van der Waals surface area contributed by atoms with E-state index < -0.39 is 6.03 Å². The Labute approximate surface area is 122 Å². The van der Waals surface area contributed by atoms with Gasteiger partial charge >= 0.3 is 6.03 Å². The van der Waals surface area contributed by atoms with Crippen LogP contribution in [0.3, 0.4) is 0 Å². The van der Waals surface area contributed by atoms with Gasteiger partial charge in [0.25, 0.3) is 0 Å². The van der Waals surface area contributed by atoms with Gasteiger partial charge in [0.15, 0.2) is 0 Å².